The van der Waals surface area contributed by atoms with Gasteiger partial charge in [0.15, 0.2) is 0 Å². The van der Waals surface area contributed by atoms with Crippen LogP contribution in [-0.4, -0.2) is 84.5 Å². The number of carbonyl (C=O) groups excluding carboxylic acids is 1. The first kappa shape index (κ1) is 22.0. The molecule has 1 aromatic heterocycles. The Balaban J connectivity index is 1.16. The number of benzene rings is 1. The highest BCUT2D eigenvalue weighted by molar-refractivity contribution is 6.31. The summed E-state index contributed by atoms with van der Waals surface area (Å²) in [5.41, 5.74) is 0.955. The monoisotopic (exact) mass is 445 g/mol. The molecular formula is C23H29ClFN5O. The first-order valence-electron chi connectivity index (χ1n) is 10.9. The van der Waals surface area contributed by atoms with Gasteiger partial charge in [-0.2, -0.15) is 0 Å². The topological polar surface area (TPSA) is 42.9 Å². The molecule has 2 fully saturated rings. The third kappa shape index (κ3) is 5.93. The molecule has 166 valence electrons. The summed E-state index contributed by atoms with van der Waals surface area (Å²) in [6.07, 6.45) is 2.37. The molecule has 0 saturated carbocycles. The van der Waals surface area contributed by atoms with E-state index in [1.54, 1.807) is 12.3 Å². The van der Waals surface area contributed by atoms with Crippen LogP contribution in [0.25, 0.3) is 0 Å². The number of hydrogen-bond acceptors (Lipinski definition) is 5. The van der Waals surface area contributed by atoms with Gasteiger partial charge in [0, 0.05) is 83.1 Å². The van der Waals surface area contributed by atoms with Gasteiger partial charge in [-0.3, -0.25) is 9.69 Å². The predicted octanol–water partition coefficient (Wildman–Crippen LogP) is 2.73. The summed E-state index contributed by atoms with van der Waals surface area (Å²) in [6, 6.07) is 10.5. The van der Waals surface area contributed by atoms with Gasteiger partial charge in [-0.05, 0) is 29.8 Å². The quantitative estimate of drug-likeness (QED) is 0.684. The van der Waals surface area contributed by atoms with Crippen molar-refractivity contribution in [2.24, 2.45) is 0 Å². The number of halogens is 2. The molecule has 31 heavy (non-hydrogen) atoms. The smallest absolute Gasteiger partial charge is 0.223 e. The molecule has 2 aliphatic heterocycles. The summed E-state index contributed by atoms with van der Waals surface area (Å²) in [4.78, 5) is 26.0. The summed E-state index contributed by atoms with van der Waals surface area (Å²) < 4.78 is 13.2. The zero-order valence-electron chi connectivity index (χ0n) is 17.7. The molecule has 0 unspecified atom stereocenters. The number of hydrogen-bond donors (Lipinski definition) is 0. The molecule has 0 atom stereocenters. The molecule has 4 rings (SSSR count). The van der Waals surface area contributed by atoms with E-state index < -0.39 is 0 Å². The molecule has 3 heterocycles. The number of anilines is 1. The van der Waals surface area contributed by atoms with E-state index in [1.165, 1.54) is 12.1 Å². The van der Waals surface area contributed by atoms with Crippen LogP contribution in [0.2, 0.25) is 5.02 Å². The van der Waals surface area contributed by atoms with Gasteiger partial charge in [-0.15, -0.1) is 0 Å². The number of pyridine rings is 1. The predicted molar refractivity (Wildman–Crippen MR) is 121 cm³/mol. The van der Waals surface area contributed by atoms with E-state index in [0.29, 0.717) is 11.4 Å². The van der Waals surface area contributed by atoms with Crippen LogP contribution in [0.4, 0.5) is 10.2 Å². The van der Waals surface area contributed by atoms with Gasteiger partial charge < -0.3 is 14.7 Å². The Bertz CT molecular complexity index is 868. The van der Waals surface area contributed by atoms with Crippen molar-refractivity contribution in [2.75, 3.05) is 63.8 Å². The van der Waals surface area contributed by atoms with Crippen molar-refractivity contribution in [2.45, 2.75) is 13.0 Å². The van der Waals surface area contributed by atoms with Crippen molar-refractivity contribution in [1.82, 2.24) is 19.7 Å². The Labute approximate surface area is 188 Å². The Morgan fingerprint density at radius 2 is 1.71 bits per heavy atom. The van der Waals surface area contributed by atoms with Gasteiger partial charge in [-0.25, -0.2) is 9.37 Å². The number of aromatic nitrogens is 1. The number of carbonyl (C=O) groups is 1. The van der Waals surface area contributed by atoms with Crippen molar-refractivity contribution in [3.63, 3.8) is 0 Å². The average molecular weight is 446 g/mol. The highest BCUT2D eigenvalue weighted by atomic mass is 35.5. The highest BCUT2D eigenvalue weighted by Crippen LogP contribution is 2.20. The maximum absolute atomic E-state index is 13.2. The first-order valence-corrected chi connectivity index (χ1v) is 11.3. The van der Waals surface area contributed by atoms with E-state index in [4.69, 9.17) is 11.6 Å². The van der Waals surface area contributed by atoms with Crippen molar-refractivity contribution in [3.8, 4) is 0 Å². The minimum absolute atomic E-state index is 0.237. The number of piperazine rings is 2. The molecule has 0 spiro atoms. The van der Waals surface area contributed by atoms with E-state index in [0.717, 1.165) is 76.8 Å². The Morgan fingerprint density at radius 3 is 2.39 bits per heavy atom. The highest BCUT2D eigenvalue weighted by Gasteiger charge is 2.23. The van der Waals surface area contributed by atoms with Crippen LogP contribution < -0.4 is 4.90 Å². The molecule has 8 heteroatoms. The van der Waals surface area contributed by atoms with Crippen molar-refractivity contribution in [1.29, 1.82) is 0 Å². The second kappa shape index (κ2) is 10.4. The normalized spacial score (nSPS) is 18.4. The van der Waals surface area contributed by atoms with E-state index in [9.17, 15) is 9.18 Å². The van der Waals surface area contributed by atoms with Gasteiger partial charge in [0.2, 0.25) is 5.91 Å². The second-order valence-corrected chi connectivity index (χ2v) is 8.57. The molecule has 1 aromatic carbocycles. The van der Waals surface area contributed by atoms with Crippen LogP contribution in [0, 0.1) is 5.82 Å². The zero-order chi connectivity index (χ0) is 21.6. The lowest BCUT2D eigenvalue weighted by atomic mass is 10.2. The van der Waals surface area contributed by atoms with Crippen molar-refractivity contribution >= 4 is 23.3 Å². The minimum Gasteiger partial charge on any atom is -0.353 e. The maximum Gasteiger partial charge on any atom is 0.223 e. The third-order valence-electron chi connectivity index (χ3n) is 6.12. The lowest BCUT2D eigenvalue weighted by molar-refractivity contribution is -0.131. The fourth-order valence-corrected chi connectivity index (χ4v) is 4.43. The van der Waals surface area contributed by atoms with E-state index >= 15 is 0 Å². The van der Waals surface area contributed by atoms with Gasteiger partial charge in [0.05, 0.1) is 0 Å². The maximum atomic E-state index is 13.2. The minimum atomic E-state index is -0.304. The summed E-state index contributed by atoms with van der Waals surface area (Å²) >= 11 is 6.15. The molecule has 0 N–H and O–H groups in total. The van der Waals surface area contributed by atoms with Crippen LogP contribution in [0.1, 0.15) is 12.0 Å². The Hall–Kier alpha value is -2.22. The lowest BCUT2D eigenvalue weighted by Gasteiger charge is -2.37. The number of amides is 1. The van der Waals surface area contributed by atoms with E-state index in [2.05, 4.69) is 19.7 Å². The van der Waals surface area contributed by atoms with Gasteiger partial charge in [-0.1, -0.05) is 23.7 Å². The summed E-state index contributed by atoms with van der Waals surface area (Å²) in [5, 5.41) is 0.483. The third-order valence-corrected chi connectivity index (χ3v) is 6.47. The Morgan fingerprint density at radius 1 is 0.968 bits per heavy atom. The van der Waals surface area contributed by atoms with Gasteiger partial charge in [0.1, 0.15) is 11.6 Å². The zero-order valence-corrected chi connectivity index (χ0v) is 18.5. The number of nitrogens with zero attached hydrogens (tertiary/aromatic N) is 5. The lowest BCUT2D eigenvalue weighted by Crippen LogP contribution is -2.50. The molecule has 0 radical (unpaired) electrons. The average Bonchev–Trinajstić information content (AvgIpc) is 2.81. The Kier molecular flexibility index (Phi) is 7.37. The SMILES string of the molecule is O=C(CCN1CCN(Cc2ccc(F)cc2Cl)CC1)N1CCN(c2ccccn2)CC1. The molecule has 2 saturated heterocycles. The first-order chi connectivity index (χ1) is 15.1. The van der Waals surface area contributed by atoms with Crippen LogP contribution in [0.5, 0.6) is 0 Å². The largest absolute Gasteiger partial charge is 0.353 e. The molecule has 0 aliphatic carbocycles. The van der Waals surface area contributed by atoms with Crippen LogP contribution in [0.3, 0.4) is 0 Å². The van der Waals surface area contributed by atoms with Crippen LogP contribution in [-0.2, 0) is 11.3 Å². The number of rotatable bonds is 6. The molecule has 1 amide bonds. The fraction of sp³-hybridized carbons (Fsp3) is 0.478. The molecule has 2 aromatic rings. The van der Waals surface area contributed by atoms with Gasteiger partial charge in [0.25, 0.3) is 0 Å². The standard InChI is InChI=1S/C23H29ClFN5O/c24-21-17-20(25)5-4-19(21)18-28-11-9-27(10-12-28)8-6-23(31)30-15-13-29(14-16-30)22-3-1-2-7-26-22/h1-5,7,17H,6,8-16,18H2. The van der Waals surface area contributed by atoms with Gasteiger partial charge >= 0.3 is 0 Å². The van der Waals surface area contributed by atoms with Crippen molar-refractivity contribution in [3.05, 3.63) is 59.0 Å². The summed E-state index contributed by atoms with van der Waals surface area (Å²) in [7, 11) is 0. The van der Waals surface area contributed by atoms with E-state index in [1.807, 2.05) is 23.1 Å². The molecular weight excluding hydrogens is 417 g/mol. The molecule has 2 aliphatic rings. The van der Waals surface area contributed by atoms with E-state index in [-0.39, 0.29) is 11.7 Å². The van der Waals surface area contributed by atoms with Crippen LogP contribution in [0.15, 0.2) is 42.6 Å². The fourth-order valence-electron chi connectivity index (χ4n) is 4.20. The summed E-state index contributed by atoms with van der Waals surface area (Å²) in [5.74, 6) is 0.914. The van der Waals surface area contributed by atoms with Crippen molar-refractivity contribution < 1.29 is 9.18 Å². The summed E-state index contributed by atoms with van der Waals surface area (Å²) in [6.45, 7) is 8.38. The molecule has 0 bridgehead atoms. The molecule has 6 nitrogen and oxygen atoms in total. The second-order valence-electron chi connectivity index (χ2n) is 8.16. The van der Waals surface area contributed by atoms with Crippen LogP contribution >= 0.6 is 11.6 Å².